The van der Waals surface area contributed by atoms with Crippen molar-refractivity contribution in [1.29, 1.82) is 0 Å². The Balaban J connectivity index is 2.79. The van der Waals surface area contributed by atoms with Crippen molar-refractivity contribution in [2.24, 2.45) is 11.1 Å². The Labute approximate surface area is 112 Å². The SMILES string of the molecule is CCOC(C(N)Cc1ccccc1C)C(C)(C)C. The molecule has 0 amide bonds. The Morgan fingerprint density at radius 3 is 2.33 bits per heavy atom. The molecule has 102 valence electrons. The van der Waals surface area contributed by atoms with E-state index in [9.17, 15) is 0 Å². The molecule has 0 heterocycles. The molecule has 0 fully saturated rings. The molecule has 0 aliphatic heterocycles. The molecule has 0 bridgehead atoms. The van der Waals surface area contributed by atoms with E-state index in [0.717, 1.165) is 6.42 Å². The lowest BCUT2D eigenvalue weighted by atomic mass is 9.82. The summed E-state index contributed by atoms with van der Waals surface area (Å²) in [6, 6.07) is 8.46. The van der Waals surface area contributed by atoms with Gasteiger partial charge in [0.15, 0.2) is 0 Å². The van der Waals surface area contributed by atoms with Crippen LogP contribution in [0, 0.1) is 12.3 Å². The molecule has 2 atom stereocenters. The van der Waals surface area contributed by atoms with Gasteiger partial charge in [-0.1, -0.05) is 45.0 Å². The number of hydrogen-bond donors (Lipinski definition) is 1. The van der Waals surface area contributed by atoms with Crippen LogP contribution in [0.15, 0.2) is 24.3 Å². The van der Waals surface area contributed by atoms with Gasteiger partial charge in [0.1, 0.15) is 0 Å². The molecular formula is C16H27NO. The Hall–Kier alpha value is -0.860. The van der Waals surface area contributed by atoms with Crippen LogP contribution in [0.5, 0.6) is 0 Å². The molecule has 2 heteroatoms. The Bertz CT molecular complexity index is 368. The third-order valence-corrected chi connectivity index (χ3v) is 3.31. The Morgan fingerprint density at radius 1 is 1.22 bits per heavy atom. The van der Waals surface area contributed by atoms with Crippen molar-refractivity contribution in [3.8, 4) is 0 Å². The molecule has 2 unspecified atom stereocenters. The highest BCUT2D eigenvalue weighted by atomic mass is 16.5. The third kappa shape index (κ3) is 4.11. The van der Waals surface area contributed by atoms with Crippen molar-refractivity contribution in [2.45, 2.75) is 53.2 Å². The van der Waals surface area contributed by atoms with E-state index in [0.29, 0.717) is 6.61 Å². The van der Waals surface area contributed by atoms with Crippen molar-refractivity contribution in [1.82, 2.24) is 0 Å². The van der Waals surface area contributed by atoms with Gasteiger partial charge in [0, 0.05) is 12.6 Å². The normalized spacial score (nSPS) is 15.4. The minimum Gasteiger partial charge on any atom is -0.376 e. The first-order valence-electron chi connectivity index (χ1n) is 6.78. The van der Waals surface area contributed by atoms with Gasteiger partial charge in [0.25, 0.3) is 0 Å². The predicted molar refractivity (Wildman–Crippen MR) is 77.7 cm³/mol. The highest BCUT2D eigenvalue weighted by molar-refractivity contribution is 5.26. The van der Waals surface area contributed by atoms with Gasteiger partial charge < -0.3 is 10.5 Å². The molecule has 0 aliphatic carbocycles. The van der Waals surface area contributed by atoms with Gasteiger partial charge >= 0.3 is 0 Å². The van der Waals surface area contributed by atoms with Crippen LogP contribution in [-0.2, 0) is 11.2 Å². The van der Waals surface area contributed by atoms with Gasteiger partial charge in [-0.15, -0.1) is 0 Å². The topological polar surface area (TPSA) is 35.2 Å². The van der Waals surface area contributed by atoms with Crippen LogP contribution in [0.1, 0.15) is 38.8 Å². The van der Waals surface area contributed by atoms with Crippen LogP contribution < -0.4 is 5.73 Å². The van der Waals surface area contributed by atoms with Crippen LogP contribution in [0.25, 0.3) is 0 Å². The maximum absolute atomic E-state index is 6.37. The van der Waals surface area contributed by atoms with E-state index in [1.807, 2.05) is 6.92 Å². The van der Waals surface area contributed by atoms with Crippen molar-refractivity contribution < 1.29 is 4.74 Å². The van der Waals surface area contributed by atoms with Gasteiger partial charge in [-0.3, -0.25) is 0 Å². The fraction of sp³-hybridized carbons (Fsp3) is 0.625. The van der Waals surface area contributed by atoms with Gasteiger partial charge in [-0.05, 0) is 36.8 Å². The lowest BCUT2D eigenvalue weighted by molar-refractivity contribution is -0.0274. The second-order valence-corrected chi connectivity index (χ2v) is 6.04. The second-order valence-electron chi connectivity index (χ2n) is 6.04. The zero-order chi connectivity index (χ0) is 13.8. The molecule has 0 radical (unpaired) electrons. The van der Waals surface area contributed by atoms with Gasteiger partial charge in [0.2, 0.25) is 0 Å². The van der Waals surface area contributed by atoms with E-state index in [-0.39, 0.29) is 17.6 Å². The summed E-state index contributed by atoms with van der Waals surface area (Å²) in [4.78, 5) is 0. The largest absolute Gasteiger partial charge is 0.376 e. The van der Waals surface area contributed by atoms with Crippen LogP contribution >= 0.6 is 0 Å². The fourth-order valence-corrected chi connectivity index (χ4v) is 2.40. The molecular weight excluding hydrogens is 222 g/mol. The van der Waals surface area contributed by atoms with E-state index < -0.39 is 0 Å². The maximum atomic E-state index is 6.37. The van der Waals surface area contributed by atoms with E-state index >= 15 is 0 Å². The summed E-state index contributed by atoms with van der Waals surface area (Å²) in [5.74, 6) is 0. The van der Waals surface area contributed by atoms with Crippen molar-refractivity contribution in [2.75, 3.05) is 6.61 Å². The number of benzene rings is 1. The van der Waals surface area contributed by atoms with Gasteiger partial charge in [0.05, 0.1) is 6.10 Å². The van der Waals surface area contributed by atoms with Crippen LogP contribution in [0.3, 0.4) is 0 Å². The number of hydrogen-bond acceptors (Lipinski definition) is 2. The summed E-state index contributed by atoms with van der Waals surface area (Å²) < 4.78 is 5.86. The number of rotatable bonds is 5. The number of ether oxygens (including phenoxy) is 1. The van der Waals surface area contributed by atoms with Crippen LogP contribution in [0.4, 0.5) is 0 Å². The zero-order valence-electron chi connectivity index (χ0n) is 12.4. The van der Waals surface area contributed by atoms with Crippen LogP contribution in [0.2, 0.25) is 0 Å². The average molecular weight is 249 g/mol. The monoisotopic (exact) mass is 249 g/mol. The highest BCUT2D eigenvalue weighted by Crippen LogP contribution is 2.26. The molecule has 2 nitrogen and oxygen atoms in total. The first-order valence-corrected chi connectivity index (χ1v) is 6.78. The Morgan fingerprint density at radius 2 is 1.83 bits per heavy atom. The minimum absolute atomic E-state index is 0.0334. The van der Waals surface area contributed by atoms with Crippen molar-refractivity contribution in [3.05, 3.63) is 35.4 Å². The summed E-state index contributed by atoms with van der Waals surface area (Å²) in [5.41, 5.74) is 9.05. The number of aryl methyl sites for hydroxylation is 1. The van der Waals surface area contributed by atoms with E-state index in [2.05, 4.69) is 52.0 Å². The summed E-state index contributed by atoms with van der Waals surface area (Å²) in [6.07, 6.45) is 0.955. The molecule has 0 aromatic heterocycles. The summed E-state index contributed by atoms with van der Waals surface area (Å²) in [6.45, 7) is 11.4. The standard InChI is InChI=1S/C16H27NO/c1-6-18-15(16(3,4)5)14(17)11-13-10-8-7-9-12(13)2/h7-10,14-15H,6,11,17H2,1-5H3. The lowest BCUT2D eigenvalue weighted by Gasteiger charge is -2.35. The molecule has 18 heavy (non-hydrogen) atoms. The average Bonchev–Trinajstić information content (AvgIpc) is 2.27. The molecule has 0 saturated heterocycles. The first kappa shape index (κ1) is 15.2. The second kappa shape index (κ2) is 6.35. The zero-order valence-corrected chi connectivity index (χ0v) is 12.4. The molecule has 1 aromatic carbocycles. The highest BCUT2D eigenvalue weighted by Gasteiger charge is 2.30. The minimum atomic E-state index is 0.0334. The smallest absolute Gasteiger partial charge is 0.0777 e. The molecule has 1 rings (SSSR count). The molecule has 2 N–H and O–H groups in total. The number of nitrogens with two attached hydrogens (primary N) is 1. The molecule has 0 saturated carbocycles. The van der Waals surface area contributed by atoms with E-state index in [4.69, 9.17) is 10.5 Å². The van der Waals surface area contributed by atoms with E-state index in [1.54, 1.807) is 0 Å². The fourth-order valence-electron chi connectivity index (χ4n) is 2.40. The van der Waals surface area contributed by atoms with Crippen molar-refractivity contribution >= 4 is 0 Å². The van der Waals surface area contributed by atoms with Crippen LogP contribution in [-0.4, -0.2) is 18.8 Å². The van der Waals surface area contributed by atoms with Gasteiger partial charge in [-0.2, -0.15) is 0 Å². The first-order chi connectivity index (χ1) is 8.36. The summed E-state index contributed by atoms with van der Waals surface area (Å²) in [5, 5.41) is 0. The summed E-state index contributed by atoms with van der Waals surface area (Å²) >= 11 is 0. The molecule has 0 aliphatic rings. The van der Waals surface area contributed by atoms with Gasteiger partial charge in [-0.25, -0.2) is 0 Å². The maximum Gasteiger partial charge on any atom is 0.0777 e. The predicted octanol–water partition coefficient (Wildman–Crippen LogP) is 3.32. The Kier molecular flexibility index (Phi) is 5.36. The molecule has 0 spiro atoms. The van der Waals surface area contributed by atoms with E-state index in [1.165, 1.54) is 11.1 Å². The quantitative estimate of drug-likeness (QED) is 0.869. The van der Waals surface area contributed by atoms with Crippen molar-refractivity contribution in [3.63, 3.8) is 0 Å². The lowest BCUT2D eigenvalue weighted by Crippen LogP contribution is -2.46. The molecule has 1 aromatic rings. The third-order valence-electron chi connectivity index (χ3n) is 3.31. The summed E-state index contributed by atoms with van der Waals surface area (Å²) in [7, 11) is 0.